The SMILES string of the molecule is CC(=O)c1c(OC(F)(F)F)ccc(Br)c1Cl. The number of benzene rings is 1. The molecule has 0 aliphatic heterocycles. The average Bonchev–Trinajstić information content (AvgIpc) is 2.08. The van der Waals surface area contributed by atoms with Gasteiger partial charge in [-0.05, 0) is 35.0 Å². The summed E-state index contributed by atoms with van der Waals surface area (Å²) in [5.41, 5.74) is -0.298. The van der Waals surface area contributed by atoms with Crippen LogP contribution in [0.15, 0.2) is 16.6 Å². The normalized spacial score (nSPS) is 11.4. The molecule has 1 aromatic carbocycles. The summed E-state index contributed by atoms with van der Waals surface area (Å²) >= 11 is 8.71. The Kier molecular flexibility index (Phi) is 3.85. The molecular weight excluding hydrogens is 312 g/mol. The van der Waals surface area contributed by atoms with Crippen LogP contribution < -0.4 is 4.74 Å². The summed E-state index contributed by atoms with van der Waals surface area (Å²) < 4.78 is 40.1. The third-order valence-corrected chi connectivity index (χ3v) is 2.92. The van der Waals surface area contributed by atoms with Gasteiger partial charge in [0.1, 0.15) is 5.75 Å². The molecule has 88 valence electrons. The van der Waals surface area contributed by atoms with Crippen molar-refractivity contribution < 1.29 is 22.7 Å². The van der Waals surface area contributed by atoms with Crippen molar-refractivity contribution in [2.75, 3.05) is 0 Å². The van der Waals surface area contributed by atoms with E-state index >= 15 is 0 Å². The van der Waals surface area contributed by atoms with Crippen molar-refractivity contribution >= 4 is 33.3 Å². The molecule has 0 atom stereocenters. The minimum absolute atomic E-state index is 0.103. The number of carbonyl (C=O) groups is 1. The van der Waals surface area contributed by atoms with Crippen LogP contribution in [0.1, 0.15) is 17.3 Å². The fourth-order valence-corrected chi connectivity index (χ4v) is 1.69. The number of ether oxygens (including phenoxy) is 1. The van der Waals surface area contributed by atoms with Crippen molar-refractivity contribution in [1.29, 1.82) is 0 Å². The van der Waals surface area contributed by atoms with Gasteiger partial charge in [0, 0.05) is 4.47 Å². The Balaban J connectivity index is 3.29. The maximum Gasteiger partial charge on any atom is 0.573 e. The fraction of sp³-hybridized carbons (Fsp3) is 0.222. The van der Waals surface area contributed by atoms with Gasteiger partial charge in [-0.3, -0.25) is 4.79 Å². The summed E-state index contributed by atoms with van der Waals surface area (Å²) in [6.45, 7) is 1.11. The minimum Gasteiger partial charge on any atom is -0.405 e. The zero-order chi connectivity index (χ0) is 12.5. The summed E-state index contributed by atoms with van der Waals surface area (Å²) in [6.07, 6.45) is -4.86. The van der Waals surface area contributed by atoms with E-state index in [4.69, 9.17) is 11.6 Å². The van der Waals surface area contributed by atoms with Crippen molar-refractivity contribution in [2.24, 2.45) is 0 Å². The van der Waals surface area contributed by atoms with E-state index in [1.54, 1.807) is 0 Å². The first-order valence-electron chi connectivity index (χ1n) is 3.97. The highest BCUT2D eigenvalue weighted by molar-refractivity contribution is 9.10. The molecule has 0 fully saturated rings. The van der Waals surface area contributed by atoms with Crippen molar-refractivity contribution in [1.82, 2.24) is 0 Å². The van der Waals surface area contributed by atoms with Crippen LogP contribution in [0, 0.1) is 0 Å². The van der Waals surface area contributed by atoms with Gasteiger partial charge in [0.05, 0.1) is 10.6 Å². The van der Waals surface area contributed by atoms with Gasteiger partial charge in [0.2, 0.25) is 0 Å². The van der Waals surface area contributed by atoms with E-state index in [-0.39, 0.29) is 10.6 Å². The highest BCUT2D eigenvalue weighted by atomic mass is 79.9. The van der Waals surface area contributed by atoms with Crippen LogP contribution in [-0.2, 0) is 0 Å². The van der Waals surface area contributed by atoms with Gasteiger partial charge in [-0.25, -0.2) is 0 Å². The van der Waals surface area contributed by atoms with Crippen LogP contribution in [0.4, 0.5) is 13.2 Å². The molecule has 1 aromatic rings. The summed E-state index contributed by atoms with van der Waals surface area (Å²) in [5.74, 6) is -1.21. The van der Waals surface area contributed by atoms with E-state index < -0.39 is 17.9 Å². The Labute approximate surface area is 102 Å². The molecule has 0 amide bonds. The number of carbonyl (C=O) groups excluding carboxylic acids is 1. The lowest BCUT2D eigenvalue weighted by Gasteiger charge is -2.13. The first-order valence-corrected chi connectivity index (χ1v) is 5.14. The Morgan fingerprint density at radius 2 is 2.00 bits per heavy atom. The molecule has 0 bridgehead atoms. The summed E-state index contributed by atoms with van der Waals surface area (Å²) in [7, 11) is 0. The predicted molar refractivity (Wildman–Crippen MR) is 55.8 cm³/mol. The highest BCUT2D eigenvalue weighted by Crippen LogP contribution is 2.35. The number of Topliss-reactive ketones (excluding diaryl/α,β-unsaturated/α-hetero) is 1. The second-order valence-electron chi connectivity index (χ2n) is 2.84. The van der Waals surface area contributed by atoms with Gasteiger partial charge in [-0.1, -0.05) is 11.6 Å². The minimum atomic E-state index is -4.86. The van der Waals surface area contributed by atoms with Crippen molar-refractivity contribution in [3.63, 3.8) is 0 Å². The second kappa shape index (κ2) is 4.63. The topological polar surface area (TPSA) is 26.3 Å². The van der Waals surface area contributed by atoms with Crippen LogP contribution >= 0.6 is 27.5 Å². The number of hydrogen-bond donors (Lipinski definition) is 0. The van der Waals surface area contributed by atoms with Gasteiger partial charge in [0.25, 0.3) is 0 Å². The zero-order valence-corrected chi connectivity index (χ0v) is 10.2. The first-order chi connectivity index (χ1) is 7.22. The van der Waals surface area contributed by atoms with Crippen LogP contribution in [0.3, 0.4) is 0 Å². The molecule has 0 saturated heterocycles. The van der Waals surface area contributed by atoms with Crippen molar-refractivity contribution in [3.8, 4) is 5.75 Å². The predicted octanol–water partition coefficient (Wildman–Crippen LogP) is 4.20. The third-order valence-electron chi connectivity index (χ3n) is 1.63. The van der Waals surface area contributed by atoms with E-state index in [2.05, 4.69) is 20.7 Å². The Morgan fingerprint density at radius 3 is 2.44 bits per heavy atom. The maximum atomic E-state index is 12.0. The van der Waals surface area contributed by atoms with Crippen LogP contribution in [-0.4, -0.2) is 12.1 Å². The standard InChI is InChI=1S/C9H5BrClF3O2/c1-4(15)7-6(16-9(12,13)14)3-2-5(10)8(7)11/h2-3H,1H3. The van der Waals surface area contributed by atoms with Crippen LogP contribution in [0.25, 0.3) is 0 Å². The largest absolute Gasteiger partial charge is 0.573 e. The number of rotatable bonds is 2. The monoisotopic (exact) mass is 316 g/mol. The zero-order valence-electron chi connectivity index (χ0n) is 7.86. The molecule has 1 rings (SSSR count). The fourth-order valence-electron chi connectivity index (χ4n) is 1.07. The molecule has 0 heterocycles. The molecule has 0 saturated carbocycles. The Hall–Kier alpha value is -0.750. The quantitative estimate of drug-likeness (QED) is 0.764. The summed E-state index contributed by atoms with van der Waals surface area (Å²) in [4.78, 5) is 11.2. The molecule has 0 unspecified atom stereocenters. The number of ketones is 1. The molecule has 0 radical (unpaired) electrons. The molecule has 2 nitrogen and oxygen atoms in total. The van der Waals surface area contributed by atoms with E-state index in [1.165, 1.54) is 6.07 Å². The van der Waals surface area contributed by atoms with E-state index in [1.807, 2.05) is 0 Å². The number of hydrogen-bond acceptors (Lipinski definition) is 2. The maximum absolute atomic E-state index is 12.0. The van der Waals surface area contributed by atoms with Gasteiger partial charge in [-0.2, -0.15) is 0 Å². The number of alkyl halides is 3. The van der Waals surface area contributed by atoms with Gasteiger partial charge < -0.3 is 4.74 Å². The Morgan fingerprint density at radius 1 is 1.44 bits per heavy atom. The first kappa shape index (κ1) is 13.3. The average molecular weight is 317 g/mol. The third kappa shape index (κ3) is 3.12. The lowest BCUT2D eigenvalue weighted by Crippen LogP contribution is -2.19. The lowest BCUT2D eigenvalue weighted by molar-refractivity contribution is -0.274. The van der Waals surface area contributed by atoms with Crippen molar-refractivity contribution in [2.45, 2.75) is 13.3 Å². The Bertz CT molecular complexity index is 431. The molecule has 7 heteroatoms. The van der Waals surface area contributed by atoms with E-state index in [0.29, 0.717) is 4.47 Å². The molecule has 16 heavy (non-hydrogen) atoms. The van der Waals surface area contributed by atoms with E-state index in [9.17, 15) is 18.0 Å². The number of halogens is 5. The second-order valence-corrected chi connectivity index (χ2v) is 4.07. The van der Waals surface area contributed by atoms with Crippen molar-refractivity contribution in [3.05, 3.63) is 27.2 Å². The molecule has 0 N–H and O–H groups in total. The lowest BCUT2D eigenvalue weighted by atomic mass is 10.1. The smallest absolute Gasteiger partial charge is 0.405 e. The van der Waals surface area contributed by atoms with Gasteiger partial charge >= 0.3 is 6.36 Å². The van der Waals surface area contributed by atoms with Crippen LogP contribution in [0.2, 0.25) is 5.02 Å². The van der Waals surface area contributed by atoms with E-state index in [0.717, 1.165) is 13.0 Å². The van der Waals surface area contributed by atoms with Crippen LogP contribution in [0.5, 0.6) is 5.75 Å². The molecule has 0 aliphatic rings. The molecule has 0 spiro atoms. The molecule has 0 aliphatic carbocycles. The van der Waals surface area contributed by atoms with Gasteiger partial charge in [0.15, 0.2) is 5.78 Å². The molecule has 0 aromatic heterocycles. The highest BCUT2D eigenvalue weighted by Gasteiger charge is 2.33. The summed E-state index contributed by atoms with van der Waals surface area (Å²) in [6, 6.07) is 2.30. The summed E-state index contributed by atoms with van der Waals surface area (Å²) in [5, 5.41) is -0.103. The molecular formula is C9H5BrClF3O2. The van der Waals surface area contributed by atoms with Gasteiger partial charge in [-0.15, -0.1) is 13.2 Å².